The summed E-state index contributed by atoms with van der Waals surface area (Å²) in [6.45, 7) is 5.90. The van der Waals surface area contributed by atoms with Gasteiger partial charge in [0.25, 0.3) is 0 Å². The Balaban J connectivity index is 1.90. The molecule has 140 valence electrons. The van der Waals surface area contributed by atoms with Crippen molar-refractivity contribution >= 4 is 40.1 Å². The summed E-state index contributed by atoms with van der Waals surface area (Å²) in [7, 11) is 1.31. The van der Waals surface area contributed by atoms with Crippen LogP contribution in [0, 0.1) is 5.92 Å². The van der Waals surface area contributed by atoms with Crippen LogP contribution >= 0.6 is 11.6 Å². The van der Waals surface area contributed by atoms with E-state index in [1.807, 2.05) is 6.92 Å². The Kier molecular flexibility index (Phi) is 5.53. The molecule has 2 aromatic rings. The number of rotatable bonds is 4. The lowest BCUT2D eigenvalue weighted by molar-refractivity contribution is -0.121. The highest BCUT2D eigenvalue weighted by atomic mass is 35.5. The Bertz CT molecular complexity index is 833. The molecule has 0 unspecified atom stereocenters. The van der Waals surface area contributed by atoms with Crippen LogP contribution in [0.15, 0.2) is 18.2 Å². The van der Waals surface area contributed by atoms with Crippen molar-refractivity contribution in [3.63, 3.8) is 0 Å². The van der Waals surface area contributed by atoms with Crippen LogP contribution in [0.25, 0.3) is 10.9 Å². The molecule has 1 saturated heterocycles. The number of benzene rings is 1. The Morgan fingerprint density at radius 3 is 2.88 bits per heavy atom. The lowest BCUT2D eigenvalue weighted by atomic mass is 9.99. The summed E-state index contributed by atoms with van der Waals surface area (Å²) in [6.07, 6.45) is 2.28. The highest BCUT2D eigenvalue weighted by Gasteiger charge is 2.28. The van der Waals surface area contributed by atoms with Gasteiger partial charge in [-0.15, -0.1) is 0 Å². The number of fused-ring (bicyclic) bond motifs is 1. The van der Waals surface area contributed by atoms with Gasteiger partial charge in [-0.1, -0.05) is 18.5 Å². The zero-order valence-electron chi connectivity index (χ0n) is 15.3. The number of carbonyl (C=O) groups is 2. The van der Waals surface area contributed by atoms with Crippen LogP contribution in [0.5, 0.6) is 0 Å². The first-order valence-corrected chi connectivity index (χ1v) is 9.23. The predicted molar refractivity (Wildman–Crippen MR) is 103 cm³/mol. The lowest BCUT2D eigenvalue weighted by Crippen LogP contribution is -2.46. The zero-order chi connectivity index (χ0) is 18.8. The minimum absolute atomic E-state index is 0.148. The number of hydrogen-bond acceptors (Lipinski definition) is 4. The number of esters is 1. The van der Waals surface area contributed by atoms with E-state index in [-0.39, 0.29) is 17.6 Å². The normalized spacial score (nSPS) is 19.3. The van der Waals surface area contributed by atoms with E-state index in [0.717, 1.165) is 19.5 Å². The van der Waals surface area contributed by atoms with E-state index in [2.05, 4.69) is 22.1 Å². The third-order valence-corrected chi connectivity index (χ3v) is 5.25. The summed E-state index contributed by atoms with van der Waals surface area (Å²) in [6, 6.07) is 4.94. The Hall–Kier alpha value is -2.05. The fraction of sp³-hybridized carbons (Fsp3) is 0.474. The molecule has 0 spiro atoms. The summed E-state index contributed by atoms with van der Waals surface area (Å²) in [4.78, 5) is 30.2. The van der Waals surface area contributed by atoms with E-state index < -0.39 is 5.97 Å². The second-order valence-electron chi connectivity index (χ2n) is 6.96. The highest BCUT2D eigenvalue weighted by Crippen LogP contribution is 2.31. The number of likely N-dealkylation sites (tertiary alicyclic amines) is 1. The molecule has 1 aromatic carbocycles. The standard InChI is InChI=1S/C19H24ClN3O3/c1-11-5-4-8-23(10-11)12(2)18(24)22-16-14-9-13(20)6-7-15(14)21-17(16)19(25)26-3/h6-7,9,11-12,21H,4-5,8,10H2,1-3H3,(H,22,24)/t11-,12+/m1/s1. The number of H-pyrrole nitrogens is 1. The maximum atomic E-state index is 12.9. The number of amides is 1. The number of anilines is 1. The fourth-order valence-corrected chi connectivity index (χ4v) is 3.69. The summed E-state index contributed by atoms with van der Waals surface area (Å²) in [5.74, 6) is -0.103. The average molecular weight is 378 g/mol. The molecule has 1 aliphatic rings. The number of aromatic nitrogens is 1. The molecule has 26 heavy (non-hydrogen) atoms. The summed E-state index contributed by atoms with van der Waals surface area (Å²) >= 11 is 6.10. The molecule has 2 N–H and O–H groups in total. The molecule has 7 heteroatoms. The number of methoxy groups -OCH3 is 1. The van der Waals surface area contributed by atoms with Crippen molar-refractivity contribution in [3.8, 4) is 0 Å². The second kappa shape index (κ2) is 7.68. The Morgan fingerprint density at radius 1 is 1.42 bits per heavy atom. The van der Waals surface area contributed by atoms with Gasteiger partial charge in [-0.3, -0.25) is 9.69 Å². The summed E-state index contributed by atoms with van der Waals surface area (Å²) < 4.78 is 4.84. The van der Waals surface area contributed by atoms with Crippen molar-refractivity contribution in [2.24, 2.45) is 5.92 Å². The van der Waals surface area contributed by atoms with Crippen LogP contribution in [0.1, 0.15) is 37.2 Å². The molecule has 0 radical (unpaired) electrons. The summed E-state index contributed by atoms with van der Waals surface area (Å²) in [5, 5.41) is 4.13. The average Bonchev–Trinajstić information content (AvgIpc) is 2.98. The minimum Gasteiger partial charge on any atom is -0.464 e. The SMILES string of the molecule is COC(=O)c1[nH]c2ccc(Cl)cc2c1NC(=O)[C@H](C)N1CCC[C@@H](C)C1. The van der Waals surface area contributed by atoms with Gasteiger partial charge in [0.15, 0.2) is 0 Å². The lowest BCUT2D eigenvalue weighted by Gasteiger charge is -2.34. The van der Waals surface area contributed by atoms with Gasteiger partial charge in [0, 0.05) is 22.5 Å². The van der Waals surface area contributed by atoms with Gasteiger partial charge in [0.1, 0.15) is 5.69 Å². The Labute approximate surface area is 157 Å². The van der Waals surface area contributed by atoms with E-state index in [1.165, 1.54) is 13.5 Å². The molecule has 1 aliphatic heterocycles. The topological polar surface area (TPSA) is 74.4 Å². The monoisotopic (exact) mass is 377 g/mol. The van der Waals surface area contributed by atoms with Crippen LogP contribution in [-0.2, 0) is 9.53 Å². The van der Waals surface area contributed by atoms with Crippen LogP contribution in [0.3, 0.4) is 0 Å². The number of nitrogens with one attached hydrogen (secondary N) is 2. The smallest absolute Gasteiger partial charge is 0.356 e. The molecule has 1 aromatic heterocycles. The van der Waals surface area contributed by atoms with Crippen LogP contribution in [0.4, 0.5) is 5.69 Å². The van der Waals surface area contributed by atoms with E-state index in [9.17, 15) is 9.59 Å². The van der Waals surface area contributed by atoms with E-state index in [0.29, 0.717) is 27.5 Å². The molecule has 0 aliphatic carbocycles. The van der Waals surface area contributed by atoms with Crippen molar-refractivity contribution < 1.29 is 14.3 Å². The fourth-order valence-electron chi connectivity index (χ4n) is 3.52. The summed E-state index contributed by atoms with van der Waals surface area (Å²) in [5.41, 5.74) is 1.35. The number of hydrogen-bond donors (Lipinski definition) is 2. The van der Waals surface area contributed by atoms with Crippen LogP contribution in [0.2, 0.25) is 5.02 Å². The number of aromatic amines is 1. The molecule has 0 saturated carbocycles. The van der Waals surface area contributed by atoms with Gasteiger partial charge in [-0.25, -0.2) is 4.79 Å². The third-order valence-electron chi connectivity index (χ3n) is 5.01. The maximum Gasteiger partial charge on any atom is 0.356 e. The molecule has 0 bridgehead atoms. The van der Waals surface area contributed by atoms with Gasteiger partial charge in [-0.2, -0.15) is 0 Å². The van der Waals surface area contributed by atoms with Gasteiger partial charge >= 0.3 is 5.97 Å². The molecule has 2 atom stereocenters. The van der Waals surface area contributed by atoms with Gasteiger partial charge in [-0.05, 0) is 50.4 Å². The van der Waals surface area contributed by atoms with Crippen LogP contribution < -0.4 is 5.32 Å². The predicted octanol–water partition coefficient (Wildman–Crippen LogP) is 3.67. The molecule has 2 heterocycles. The first kappa shape index (κ1) is 18.7. The molecular formula is C19H24ClN3O3. The number of ether oxygens (including phenoxy) is 1. The first-order valence-electron chi connectivity index (χ1n) is 8.85. The maximum absolute atomic E-state index is 12.9. The van der Waals surface area contributed by atoms with Gasteiger partial charge in [0.2, 0.25) is 5.91 Å². The molecule has 6 nitrogen and oxygen atoms in total. The van der Waals surface area contributed by atoms with Crippen molar-refractivity contribution in [2.75, 3.05) is 25.5 Å². The largest absolute Gasteiger partial charge is 0.464 e. The Morgan fingerprint density at radius 2 is 2.19 bits per heavy atom. The van der Waals surface area contributed by atoms with Crippen molar-refractivity contribution in [1.29, 1.82) is 0 Å². The van der Waals surface area contributed by atoms with E-state index in [1.54, 1.807) is 18.2 Å². The zero-order valence-corrected chi connectivity index (χ0v) is 16.0. The minimum atomic E-state index is -0.535. The third kappa shape index (κ3) is 3.71. The van der Waals surface area contributed by atoms with Crippen molar-refractivity contribution in [2.45, 2.75) is 32.7 Å². The molecular weight excluding hydrogens is 354 g/mol. The van der Waals surface area contributed by atoms with E-state index >= 15 is 0 Å². The van der Waals surface area contributed by atoms with Gasteiger partial charge in [0.05, 0.1) is 18.8 Å². The van der Waals surface area contributed by atoms with Crippen LogP contribution in [-0.4, -0.2) is 48.0 Å². The molecule has 3 rings (SSSR count). The number of carbonyl (C=O) groups excluding carboxylic acids is 2. The quantitative estimate of drug-likeness (QED) is 0.797. The number of piperidine rings is 1. The van der Waals surface area contributed by atoms with Crippen molar-refractivity contribution in [1.82, 2.24) is 9.88 Å². The molecule has 1 amide bonds. The molecule has 1 fully saturated rings. The van der Waals surface area contributed by atoms with Crippen molar-refractivity contribution in [3.05, 3.63) is 28.9 Å². The highest BCUT2D eigenvalue weighted by molar-refractivity contribution is 6.31. The van der Waals surface area contributed by atoms with Gasteiger partial charge < -0.3 is 15.0 Å². The second-order valence-corrected chi connectivity index (χ2v) is 7.40. The first-order chi connectivity index (χ1) is 12.4. The van der Waals surface area contributed by atoms with E-state index in [4.69, 9.17) is 16.3 Å². The number of nitrogens with zero attached hydrogens (tertiary/aromatic N) is 1. The number of halogens is 1.